The van der Waals surface area contributed by atoms with Crippen LogP contribution in [-0.2, 0) is 17.6 Å². The lowest BCUT2D eigenvalue weighted by molar-refractivity contribution is -0.134. The summed E-state index contributed by atoms with van der Waals surface area (Å²) in [6, 6.07) is 0.612. The van der Waals surface area contributed by atoms with Crippen LogP contribution in [0.3, 0.4) is 0 Å². The monoisotopic (exact) mass is 330 g/mol. The van der Waals surface area contributed by atoms with Crippen LogP contribution in [0.4, 0.5) is 0 Å². The molecule has 2 atom stereocenters. The predicted molar refractivity (Wildman–Crippen MR) is 87.1 cm³/mol. The molecule has 1 N–H and O–H groups in total. The fourth-order valence-corrected chi connectivity index (χ4v) is 2.66. The van der Waals surface area contributed by atoms with Gasteiger partial charge in [0.15, 0.2) is 5.82 Å². The molecule has 0 aromatic carbocycles. The lowest BCUT2D eigenvalue weighted by Gasteiger charge is -2.38. The number of nitrogens with one attached hydrogen (secondary N) is 1. The Balaban J connectivity index is 0.00000242. The van der Waals surface area contributed by atoms with Gasteiger partial charge in [0, 0.05) is 44.4 Å². The fraction of sp³-hybridized carbons (Fsp3) is 0.800. The second-order valence-electron chi connectivity index (χ2n) is 5.78. The minimum absolute atomic E-state index is 0. The van der Waals surface area contributed by atoms with E-state index in [0.29, 0.717) is 24.8 Å². The van der Waals surface area contributed by atoms with Gasteiger partial charge in [-0.15, -0.1) is 12.4 Å². The van der Waals surface area contributed by atoms with Gasteiger partial charge < -0.3 is 14.7 Å². The molecule has 1 aromatic rings. The van der Waals surface area contributed by atoms with Crippen LogP contribution in [0.25, 0.3) is 0 Å². The first-order valence-corrected chi connectivity index (χ1v) is 7.96. The Bertz CT molecular complexity index is 466. The number of aryl methyl sites for hydroxylation is 2. The summed E-state index contributed by atoms with van der Waals surface area (Å²) in [6.07, 6.45) is 3.84. The SMILES string of the molecule is CCCc1noc(CCCC(=O)N2CCNC(C)C2C)n1.Cl. The molecule has 1 aliphatic rings. The molecule has 1 saturated heterocycles. The third-order valence-corrected chi connectivity index (χ3v) is 4.12. The van der Waals surface area contributed by atoms with Gasteiger partial charge in [-0.25, -0.2) is 0 Å². The van der Waals surface area contributed by atoms with Crippen molar-refractivity contribution in [1.29, 1.82) is 0 Å². The Morgan fingerprint density at radius 3 is 2.91 bits per heavy atom. The Morgan fingerprint density at radius 1 is 1.41 bits per heavy atom. The zero-order valence-electron chi connectivity index (χ0n) is 13.7. The number of carbonyl (C=O) groups excluding carboxylic acids is 1. The summed E-state index contributed by atoms with van der Waals surface area (Å²) in [5, 5.41) is 7.31. The minimum Gasteiger partial charge on any atom is -0.339 e. The molecule has 0 saturated carbocycles. The number of rotatable bonds is 6. The average molecular weight is 331 g/mol. The minimum atomic E-state index is 0. The maximum absolute atomic E-state index is 12.3. The van der Waals surface area contributed by atoms with Gasteiger partial charge in [-0.2, -0.15) is 4.98 Å². The highest BCUT2D eigenvalue weighted by atomic mass is 35.5. The smallest absolute Gasteiger partial charge is 0.226 e. The number of carbonyl (C=O) groups is 1. The van der Waals surface area contributed by atoms with E-state index in [1.54, 1.807) is 0 Å². The van der Waals surface area contributed by atoms with Crippen LogP contribution >= 0.6 is 12.4 Å². The number of hydrogen-bond acceptors (Lipinski definition) is 5. The van der Waals surface area contributed by atoms with Crippen molar-refractivity contribution in [2.75, 3.05) is 13.1 Å². The lowest BCUT2D eigenvalue weighted by atomic mass is 10.1. The zero-order chi connectivity index (χ0) is 15.2. The van der Waals surface area contributed by atoms with E-state index in [1.807, 2.05) is 4.90 Å². The standard InChI is InChI=1S/C15H26N4O2.ClH/c1-4-6-13-17-14(21-18-13)7-5-8-15(20)19-10-9-16-11(2)12(19)3;/h11-12,16H,4-10H2,1-3H3;1H. The normalized spacial score (nSPS) is 21.5. The molecule has 1 aromatic heterocycles. The van der Waals surface area contributed by atoms with E-state index in [1.165, 1.54) is 0 Å². The van der Waals surface area contributed by atoms with Crippen LogP contribution in [-0.4, -0.2) is 46.1 Å². The van der Waals surface area contributed by atoms with E-state index < -0.39 is 0 Å². The van der Waals surface area contributed by atoms with Crippen molar-refractivity contribution >= 4 is 18.3 Å². The van der Waals surface area contributed by atoms with Crippen molar-refractivity contribution in [2.45, 2.75) is 65.0 Å². The van der Waals surface area contributed by atoms with Crippen LogP contribution in [0.2, 0.25) is 0 Å². The van der Waals surface area contributed by atoms with Gasteiger partial charge in [-0.3, -0.25) is 4.79 Å². The van der Waals surface area contributed by atoms with Crippen LogP contribution in [0.5, 0.6) is 0 Å². The highest BCUT2D eigenvalue weighted by Gasteiger charge is 2.27. The van der Waals surface area contributed by atoms with E-state index >= 15 is 0 Å². The summed E-state index contributed by atoms with van der Waals surface area (Å²) >= 11 is 0. The molecule has 126 valence electrons. The summed E-state index contributed by atoms with van der Waals surface area (Å²) < 4.78 is 5.19. The molecular weight excluding hydrogens is 304 g/mol. The summed E-state index contributed by atoms with van der Waals surface area (Å²) in [5.41, 5.74) is 0. The molecule has 2 heterocycles. The molecule has 22 heavy (non-hydrogen) atoms. The van der Waals surface area contributed by atoms with E-state index in [9.17, 15) is 4.79 Å². The van der Waals surface area contributed by atoms with E-state index in [-0.39, 0.29) is 24.4 Å². The summed E-state index contributed by atoms with van der Waals surface area (Å²) in [6.45, 7) is 7.98. The molecule has 2 unspecified atom stereocenters. The molecule has 1 amide bonds. The number of halogens is 1. The van der Waals surface area contributed by atoms with E-state index in [4.69, 9.17) is 4.52 Å². The number of piperazine rings is 1. The molecule has 7 heteroatoms. The van der Waals surface area contributed by atoms with Crippen LogP contribution in [0.15, 0.2) is 4.52 Å². The Kier molecular flexibility index (Phi) is 7.82. The summed E-state index contributed by atoms with van der Waals surface area (Å²) in [7, 11) is 0. The second-order valence-corrected chi connectivity index (χ2v) is 5.78. The van der Waals surface area contributed by atoms with Gasteiger partial charge in [-0.1, -0.05) is 12.1 Å². The Hall–Kier alpha value is -1.14. The molecule has 6 nitrogen and oxygen atoms in total. The number of hydrogen-bond donors (Lipinski definition) is 1. The van der Waals surface area contributed by atoms with Crippen molar-refractivity contribution in [1.82, 2.24) is 20.4 Å². The third-order valence-electron chi connectivity index (χ3n) is 4.12. The summed E-state index contributed by atoms with van der Waals surface area (Å²) in [5.74, 6) is 1.64. The third kappa shape index (κ3) is 4.95. The van der Waals surface area contributed by atoms with Gasteiger partial charge in [0.25, 0.3) is 0 Å². The largest absolute Gasteiger partial charge is 0.339 e. The molecule has 2 rings (SSSR count). The van der Waals surface area contributed by atoms with Gasteiger partial charge in [0.1, 0.15) is 0 Å². The van der Waals surface area contributed by atoms with E-state index in [2.05, 4.69) is 36.2 Å². The quantitative estimate of drug-likeness (QED) is 0.863. The molecular formula is C15H27ClN4O2. The van der Waals surface area contributed by atoms with Gasteiger partial charge in [0.05, 0.1) is 0 Å². The van der Waals surface area contributed by atoms with Crippen molar-refractivity contribution in [2.24, 2.45) is 0 Å². The first-order chi connectivity index (χ1) is 10.1. The van der Waals surface area contributed by atoms with Gasteiger partial charge in [0.2, 0.25) is 11.8 Å². The molecule has 0 bridgehead atoms. The van der Waals surface area contributed by atoms with Crippen molar-refractivity contribution < 1.29 is 9.32 Å². The average Bonchev–Trinajstić information content (AvgIpc) is 2.90. The van der Waals surface area contributed by atoms with E-state index in [0.717, 1.165) is 38.2 Å². The highest BCUT2D eigenvalue weighted by molar-refractivity contribution is 5.85. The van der Waals surface area contributed by atoms with Crippen molar-refractivity contribution in [3.05, 3.63) is 11.7 Å². The van der Waals surface area contributed by atoms with Crippen LogP contribution in [0.1, 0.15) is 51.7 Å². The van der Waals surface area contributed by atoms with Gasteiger partial charge >= 0.3 is 0 Å². The topological polar surface area (TPSA) is 71.3 Å². The van der Waals surface area contributed by atoms with Crippen molar-refractivity contribution in [3.63, 3.8) is 0 Å². The van der Waals surface area contributed by atoms with Gasteiger partial charge in [-0.05, 0) is 26.7 Å². The Labute approximate surface area is 138 Å². The summed E-state index contributed by atoms with van der Waals surface area (Å²) in [4.78, 5) is 18.6. The first-order valence-electron chi connectivity index (χ1n) is 7.96. The number of nitrogens with zero attached hydrogens (tertiary/aromatic N) is 3. The predicted octanol–water partition coefficient (Wildman–Crippen LogP) is 1.98. The zero-order valence-corrected chi connectivity index (χ0v) is 14.5. The fourth-order valence-electron chi connectivity index (χ4n) is 2.66. The molecule has 0 spiro atoms. The van der Waals surface area contributed by atoms with Crippen LogP contribution in [0, 0.1) is 0 Å². The first kappa shape index (κ1) is 18.9. The number of amides is 1. The molecule has 0 radical (unpaired) electrons. The Morgan fingerprint density at radius 2 is 2.18 bits per heavy atom. The maximum Gasteiger partial charge on any atom is 0.226 e. The van der Waals surface area contributed by atoms with Crippen molar-refractivity contribution in [3.8, 4) is 0 Å². The molecule has 0 aliphatic carbocycles. The maximum atomic E-state index is 12.3. The second kappa shape index (κ2) is 9.10. The number of aromatic nitrogens is 2. The molecule has 1 fully saturated rings. The molecule has 1 aliphatic heterocycles. The highest BCUT2D eigenvalue weighted by Crippen LogP contribution is 2.12. The van der Waals surface area contributed by atoms with Crippen LogP contribution < -0.4 is 5.32 Å². The lowest BCUT2D eigenvalue weighted by Crippen LogP contribution is -2.57.